The molecule has 1 unspecified atom stereocenters. The van der Waals surface area contributed by atoms with Crippen LogP contribution in [0, 0.1) is 0 Å². The van der Waals surface area contributed by atoms with Crippen molar-refractivity contribution < 1.29 is 28.6 Å². The monoisotopic (exact) mass is 997 g/mol. The fourth-order valence-electron chi connectivity index (χ4n) is 9.39. The molecule has 0 radical (unpaired) electrons. The minimum Gasteiger partial charge on any atom is -0.462 e. The number of carbonyl (C=O) groups is 3. The first kappa shape index (κ1) is 68.6. The highest BCUT2D eigenvalue weighted by Crippen LogP contribution is 2.17. The number of carbonyl (C=O) groups excluding carboxylic acids is 3. The number of esters is 3. The molecule has 6 heteroatoms. The van der Waals surface area contributed by atoms with Gasteiger partial charge in [0, 0.05) is 19.3 Å². The van der Waals surface area contributed by atoms with E-state index in [4.69, 9.17) is 14.2 Å². The van der Waals surface area contributed by atoms with Gasteiger partial charge in [0.15, 0.2) is 6.10 Å². The third kappa shape index (κ3) is 58.4. The summed E-state index contributed by atoms with van der Waals surface area (Å²) in [6.07, 6.45) is 72.9. The van der Waals surface area contributed by atoms with Crippen molar-refractivity contribution in [2.45, 2.75) is 348 Å². The van der Waals surface area contributed by atoms with Crippen LogP contribution in [0.5, 0.6) is 0 Å². The van der Waals surface area contributed by atoms with Crippen molar-refractivity contribution in [2.24, 2.45) is 0 Å². The second-order valence-electron chi connectivity index (χ2n) is 21.3. The molecule has 0 saturated carbocycles. The second-order valence-corrected chi connectivity index (χ2v) is 21.3. The van der Waals surface area contributed by atoms with Crippen molar-refractivity contribution in [3.8, 4) is 0 Å². The maximum atomic E-state index is 12.9. The first-order valence-electron chi connectivity index (χ1n) is 31.5. The van der Waals surface area contributed by atoms with E-state index in [1.54, 1.807) is 0 Å². The molecular formula is C65H120O6. The Kier molecular flexibility index (Phi) is 58.2. The molecule has 0 aromatic rings. The van der Waals surface area contributed by atoms with E-state index in [1.807, 2.05) is 0 Å². The van der Waals surface area contributed by atoms with E-state index in [2.05, 4.69) is 57.2 Å². The lowest BCUT2D eigenvalue weighted by molar-refractivity contribution is -0.167. The molecule has 0 spiro atoms. The van der Waals surface area contributed by atoms with Crippen molar-refractivity contribution in [1.29, 1.82) is 0 Å². The summed E-state index contributed by atoms with van der Waals surface area (Å²) in [6.45, 7) is 6.67. The summed E-state index contributed by atoms with van der Waals surface area (Å²) < 4.78 is 16.9. The molecule has 6 nitrogen and oxygen atoms in total. The van der Waals surface area contributed by atoms with Crippen LogP contribution in [-0.4, -0.2) is 37.2 Å². The highest BCUT2D eigenvalue weighted by Gasteiger charge is 2.19. The summed E-state index contributed by atoms with van der Waals surface area (Å²) in [4.78, 5) is 38.2. The summed E-state index contributed by atoms with van der Waals surface area (Å²) >= 11 is 0. The van der Waals surface area contributed by atoms with Gasteiger partial charge in [-0.2, -0.15) is 0 Å². The van der Waals surface area contributed by atoms with Gasteiger partial charge in [0.1, 0.15) is 13.2 Å². The van der Waals surface area contributed by atoms with Gasteiger partial charge in [0.05, 0.1) is 0 Å². The minimum atomic E-state index is -0.769. The van der Waals surface area contributed by atoms with E-state index in [0.29, 0.717) is 19.3 Å². The molecule has 0 aromatic carbocycles. The molecule has 416 valence electrons. The van der Waals surface area contributed by atoms with E-state index < -0.39 is 6.10 Å². The quantitative estimate of drug-likeness (QED) is 0.0261. The molecule has 0 aliphatic rings. The van der Waals surface area contributed by atoms with Gasteiger partial charge in [-0.15, -0.1) is 0 Å². The lowest BCUT2D eigenvalue weighted by Gasteiger charge is -2.18. The summed E-state index contributed by atoms with van der Waals surface area (Å²) in [5.41, 5.74) is 0. The van der Waals surface area contributed by atoms with Crippen LogP contribution in [0.3, 0.4) is 0 Å². The topological polar surface area (TPSA) is 78.9 Å². The van der Waals surface area contributed by atoms with Gasteiger partial charge < -0.3 is 14.2 Å². The van der Waals surface area contributed by atoms with E-state index in [1.165, 1.54) is 231 Å². The third-order valence-electron chi connectivity index (χ3n) is 14.1. The van der Waals surface area contributed by atoms with Crippen molar-refractivity contribution in [2.75, 3.05) is 13.2 Å². The van der Waals surface area contributed by atoms with Crippen LogP contribution in [-0.2, 0) is 28.6 Å². The van der Waals surface area contributed by atoms with Crippen molar-refractivity contribution in [1.82, 2.24) is 0 Å². The largest absolute Gasteiger partial charge is 0.462 e. The summed E-state index contributed by atoms with van der Waals surface area (Å²) in [5, 5.41) is 0. The fourth-order valence-corrected chi connectivity index (χ4v) is 9.39. The molecule has 0 bridgehead atoms. The first-order chi connectivity index (χ1) is 35.0. The summed E-state index contributed by atoms with van der Waals surface area (Å²) in [7, 11) is 0. The number of unbranched alkanes of at least 4 members (excludes halogenated alkanes) is 41. The van der Waals surface area contributed by atoms with Gasteiger partial charge in [-0.25, -0.2) is 0 Å². The van der Waals surface area contributed by atoms with Gasteiger partial charge in [0.25, 0.3) is 0 Å². The number of hydrogen-bond acceptors (Lipinski definition) is 6. The average Bonchev–Trinajstić information content (AvgIpc) is 3.37. The Morgan fingerprint density at radius 2 is 0.507 bits per heavy atom. The van der Waals surface area contributed by atoms with Crippen LogP contribution in [0.1, 0.15) is 342 Å². The number of hydrogen-bond donors (Lipinski definition) is 0. The minimum absolute atomic E-state index is 0.0680. The Bertz CT molecular complexity index is 1190. The zero-order valence-corrected chi connectivity index (χ0v) is 47.8. The highest BCUT2D eigenvalue weighted by molar-refractivity contribution is 5.71. The van der Waals surface area contributed by atoms with Crippen LogP contribution in [0.15, 0.2) is 36.5 Å². The van der Waals surface area contributed by atoms with Gasteiger partial charge in [-0.05, 0) is 57.8 Å². The predicted molar refractivity (Wildman–Crippen MR) is 307 cm³/mol. The predicted octanol–water partition coefficient (Wildman–Crippen LogP) is 21.2. The molecule has 0 aliphatic carbocycles. The molecule has 0 rings (SSSR count). The fraction of sp³-hybridized carbons (Fsp3) is 0.862. The molecule has 0 fully saturated rings. The molecule has 1 atom stereocenters. The van der Waals surface area contributed by atoms with Crippen molar-refractivity contribution in [3.05, 3.63) is 36.5 Å². The van der Waals surface area contributed by atoms with Gasteiger partial charge in [-0.3, -0.25) is 14.4 Å². The van der Waals surface area contributed by atoms with E-state index in [9.17, 15) is 14.4 Å². The van der Waals surface area contributed by atoms with Crippen molar-refractivity contribution in [3.63, 3.8) is 0 Å². The van der Waals surface area contributed by atoms with Gasteiger partial charge in [0.2, 0.25) is 0 Å². The normalized spacial score (nSPS) is 12.2. The molecule has 0 amide bonds. The van der Waals surface area contributed by atoms with Crippen LogP contribution < -0.4 is 0 Å². The van der Waals surface area contributed by atoms with E-state index in [-0.39, 0.29) is 31.1 Å². The molecule has 0 N–H and O–H groups in total. The first-order valence-corrected chi connectivity index (χ1v) is 31.5. The Morgan fingerprint density at radius 3 is 0.789 bits per heavy atom. The summed E-state index contributed by atoms with van der Waals surface area (Å²) in [5.74, 6) is -0.851. The Balaban J connectivity index is 4.21. The van der Waals surface area contributed by atoms with Crippen molar-refractivity contribution >= 4 is 17.9 Å². The Hall–Kier alpha value is -2.37. The maximum absolute atomic E-state index is 12.9. The smallest absolute Gasteiger partial charge is 0.306 e. The van der Waals surface area contributed by atoms with E-state index in [0.717, 1.165) is 70.6 Å². The molecule has 0 aliphatic heterocycles. The third-order valence-corrected chi connectivity index (χ3v) is 14.1. The Morgan fingerprint density at radius 1 is 0.282 bits per heavy atom. The highest BCUT2D eigenvalue weighted by atomic mass is 16.6. The van der Waals surface area contributed by atoms with Gasteiger partial charge >= 0.3 is 17.9 Å². The number of ether oxygens (including phenoxy) is 3. The standard InChI is InChI=1S/C65H120O6/c1-4-7-10-13-16-19-22-24-26-28-30-31-32-33-34-35-36-38-39-41-43-46-49-52-55-58-64(67)70-61-62(60-69-63(66)57-54-51-48-45-21-18-15-12-9-6-3)71-65(68)59-56-53-50-47-44-42-40-37-29-27-25-23-20-17-14-11-8-5-2/h22,24,28,30,32-33,62H,4-21,23,25-27,29,31,34-61H2,1-3H3/b24-22-,30-28-,33-32-. The molecule has 71 heavy (non-hydrogen) atoms. The number of allylic oxidation sites excluding steroid dienone is 6. The summed E-state index contributed by atoms with van der Waals surface area (Å²) in [6, 6.07) is 0. The maximum Gasteiger partial charge on any atom is 0.306 e. The lowest BCUT2D eigenvalue weighted by atomic mass is 10.0. The van der Waals surface area contributed by atoms with Gasteiger partial charge in [-0.1, -0.05) is 301 Å². The zero-order chi connectivity index (χ0) is 51.4. The Labute approximate surface area is 442 Å². The van der Waals surface area contributed by atoms with Crippen LogP contribution in [0.25, 0.3) is 0 Å². The average molecular weight is 998 g/mol. The SMILES string of the molecule is CCCCCCC/C=C\C/C=C\C/C=C\CCCCCCCCCCCCC(=O)OCC(COC(=O)CCCCCCCCCCCC)OC(=O)CCCCCCCCCCCCCCCCCCCC. The molecule has 0 heterocycles. The second kappa shape index (κ2) is 60.2. The molecule has 0 saturated heterocycles. The zero-order valence-electron chi connectivity index (χ0n) is 47.8. The number of rotatable bonds is 58. The lowest BCUT2D eigenvalue weighted by Crippen LogP contribution is -2.30. The van der Waals surface area contributed by atoms with Crippen LogP contribution >= 0.6 is 0 Å². The molecule has 0 aromatic heterocycles. The molecular weight excluding hydrogens is 877 g/mol. The van der Waals surface area contributed by atoms with Crippen LogP contribution in [0.2, 0.25) is 0 Å². The van der Waals surface area contributed by atoms with Crippen LogP contribution in [0.4, 0.5) is 0 Å². The van der Waals surface area contributed by atoms with E-state index >= 15 is 0 Å².